The molecular weight excluding hydrogens is 278 g/mol. The molecule has 0 aromatic heterocycles. The average molecular weight is 301 g/mol. The molecule has 0 bridgehead atoms. The Bertz CT molecular complexity index is 484. The molecule has 1 atom stereocenters. The molecule has 1 aromatic carbocycles. The number of methoxy groups -OCH3 is 1. The van der Waals surface area contributed by atoms with E-state index in [9.17, 15) is 13.5 Å². The van der Waals surface area contributed by atoms with Crippen LogP contribution in [0.4, 0.5) is 0 Å². The zero-order chi connectivity index (χ0) is 15.0. The van der Waals surface area contributed by atoms with Crippen LogP contribution in [0.15, 0.2) is 29.2 Å². The van der Waals surface area contributed by atoms with E-state index in [2.05, 4.69) is 11.6 Å². The fourth-order valence-corrected chi connectivity index (χ4v) is 2.89. The minimum Gasteiger partial charge on any atom is -0.391 e. The van der Waals surface area contributed by atoms with E-state index in [1.807, 2.05) is 12.1 Å². The van der Waals surface area contributed by atoms with Crippen LogP contribution in [0, 0.1) is 0 Å². The molecule has 0 aliphatic carbocycles. The Morgan fingerprint density at radius 1 is 1.30 bits per heavy atom. The highest BCUT2D eigenvalue weighted by atomic mass is 32.2. The van der Waals surface area contributed by atoms with Gasteiger partial charge in [-0.15, -0.1) is 0 Å². The standard InChI is InChI=1S/C14H23NO4S/c1-3-4-12-5-7-14(8-6-12)20(17,18)15-10-9-13(16)11-19-2/h5-8,13,15-16H,3-4,9-11H2,1-2H3. The summed E-state index contributed by atoms with van der Waals surface area (Å²) >= 11 is 0. The highest BCUT2D eigenvalue weighted by Gasteiger charge is 2.14. The Morgan fingerprint density at radius 2 is 1.95 bits per heavy atom. The van der Waals surface area contributed by atoms with Gasteiger partial charge in [0.25, 0.3) is 0 Å². The summed E-state index contributed by atoms with van der Waals surface area (Å²) in [6.07, 6.45) is 1.63. The molecule has 6 heteroatoms. The van der Waals surface area contributed by atoms with Crippen molar-refractivity contribution >= 4 is 10.0 Å². The molecule has 20 heavy (non-hydrogen) atoms. The van der Waals surface area contributed by atoms with Crippen LogP contribution in [0.3, 0.4) is 0 Å². The number of nitrogens with one attached hydrogen (secondary N) is 1. The highest BCUT2D eigenvalue weighted by molar-refractivity contribution is 7.89. The van der Waals surface area contributed by atoms with Gasteiger partial charge in [0.1, 0.15) is 0 Å². The number of hydrogen-bond acceptors (Lipinski definition) is 4. The molecule has 0 radical (unpaired) electrons. The van der Waals surface area contributed by atoms with Gasteiger partial charge < -0.3 is 9.84 Å². The topological polar surface area (TPSA) is 75.6 Å². The van der Waals surface area contributed by atoms with Gasteiger partial charge >= 0.3 is 0 Å². The number of sulfonamides is 1. The lowest BCUT2D eigenvalue weighted by Gasteiger charge is -2.11. The third-order valence-corrected chi connectivity index (χ3v) is 4.38. The van der Waals surface area contributed by atoms with E-state index in [0.717, 1.165) is 18.4 Å². The number of hydrogen-bond donors (Lipinski definition) is 2. The largest absolute Gasteiger partial charge is 0.391 e. The van der Waals surface area contributed by atoms with E-state index >= 15 is 0 Å². The lowest BCUT2D eigenvalue weighted by atomic mass is 10.1. The second-order valence-corrected chi connectivity index (χ2v) is 6.46. The van der Waals surface area contributed by atoms with Crippen molar-refractivity contribution in [2.45, 2.75) is 37.2 Å². The van der Waals surface area contributed by atoms with Gasteiger partial charge in [0.2, 0.25) is 10.0 Å². The van der Waals surface area contributed by atoms with Crippen molar-refractivity contribution in [2.75, 3.05) is 20.3 Å². The molecule has 1 aromatic rings. The molecule has 114 valence electrons. The van der Waals surface area contributed by atoms with Crippen molar-refractivity contribution in [1.29, 1.82) is 0 Å². The summed E-state index contributed by atoms with van der Waals surface area (Å²) in [5, 5.41) is 9.45. The van der Waals surface area contributed by atoms with Crippen LogP contribution >= 0.6 is 0 Å². The maximum atomic E-state index is 12.0. The number of ether oxygens (including phenoxy) is 1. The molecule has 0 fully saturated rings. The molecule has 1 unspecified atom stereocenters. The van der Waals surface area contributed by atoms with Crippen LogP contribution < -0.4 is 4.72 Å². The molecule has 0 saturated heterocycles. The van der Waals surface area contributed by atoms with Crippen LogP contribution in [0.25, 0.3) is 0 Å². The first-order valence-corrected chi connectivity index (χ1v) is 8.23. The number of benzene rings is 1. The smallest absolute Gasteiger partial charge is 0.240 e. The van der Waals surface area contributed by atoms with Gasteiger partial charge in [0.05, 0.1) is 17.6 Å². The molecule has 1 rings (SSSR count). The van der Waals surface area contributed by atoms with Gasteiger partial charge in [-0.25, -0.2) is 13.1 Å². The van der Waals surface area contributed by atoms with E-state index in [0.29, 0.717) is 6.42 Å². The number of aryl methyl sites for hydroxylation is 1. The third kappa shape index (κ3) is 5.58. The van der Waals surface area contributed by atoms with Crippen molar-refractivity contribution in [3.8, 4) is 0 Å². The van der Waals surface area contributed by atoms with Crippen LogP contribution in [0.2, 0.25) is 0 Å². The molecular formula is C14H23NO4S. The fraction of sp³-hybridized carbons (Fsp3) is 0.571. The Hall–Kier alpha value is -0.950. The van der Waals surface area contributed by atoms with Crippen LogP contribution in [-0.2, 0) is 21.2 Å². The summed E-state index contributed by atoms with van der Waals surface area (Å²) in [6, 6.07) is 6.88. The second kappa shape index (κ2) is 8.36. The summed E-state index contributed by atoms with van der Waals surface area (Å²) < 4.78 is 31.3. The summed E-state index contributed by atoms with van der Waals surface area (Å²) in [7, 11) is -2.01. The fourth-order valence-electron chi connectivity index (χ4n) is 1.84. The van der Waals surface area contributed by atoms with Gasteiger partial charge in [-0.05, 0) is 30.5 Å². The zero-order valence-electron chi connectivity index (χ0n) is 12.0. The van der Waals surface area contributed by atoms with Crippen LogP contribution in [0.5, 0.6) is 0 Å². The Kier molecular flexibility index (Phi) is 7.15. The molecule has 0 aliphatic rings. The van der Waals surface area contributed by atoms with Gasteiger partial charge in [0.15, 0.2) is 0 Å². The van der Waals surface area contributed by atoms with Gasteiger partial charge in [-0.2, -0.15) is 0 Å². The molecule has 0 aliphatic heterocycles. The van der Waals surface area contributed by atoms with Crippen molar-refractivity contribution in [2.24, 2.45) is 0 Å². The maximum Gasteiger partial charge on any atom is 0.240 e. The van der Waals surface area contributed by atoms with Gasteiger partial charge in [0, 0.05) is 13.7 Å². The lowest BCUT2D eigenvalue weighted by molar-refractivity contribution is 0.0603. The monoisotopic (exact) mass is 301 g/mol. The predicted molar refractivity (Wildman–Crippen MR) is 78.1 cm³/mol. The molecule has 0 amide bonds. The van der Waals surface area contributed by atoms with E-state index in [-0.39, 0.29) is 18.0 Å². The number of aliphatic hydroxyl groups is 1. The minimum atomic E-state index is -3.50. The summed E-state index contributed by atoms with van der Waals surface area (Å²) in [6.45, 7) is 2.47. The normalized spacial score (nSPS) is 13.3. The van der Waals surface area contributed by atoms with Crippen molar-refractivity contribution in [3.63, 3.8) is 0 Å². The van der Waals surface area contributed by atoms with E-state index in [4.69, 9.17) is 4.74 Å². The first-order chi connectivity index (χ1) is 9.49. The Balaban J connectivity index is 2.55. The van der Waals surface area contributed by atoms with Crippen LogP contribution in [-0.4, -0.2) is 39.9 Å². The summed E-state index contributed by atoms with van der Waals surface area (Å²) in [5.41, 5.74) is 1.13. The van der Waals surface area contributed by atoms with Crippen molar-refractivity contribution in [3.05, 3.63) is 29.8 Å². The third-order valence-electron chi connectivity index (χ3n) is 2.90. The Labute approximate surface area is 121 Å². The second-order valence-electron chi connectivity index (χ2n) is 4.69. The quantitative estimate of drug-likeness (QED) is 0.721. The predicted octanol–water partition coefficient (Wildman–Crippen LogP) is 1.31. The van der Waals surface area contributed by atoms with Crippen molar-refractivity contribution in [1.82, 2.24) is 4.72 Å². The van der Waals surface area contributed by atoms with Gasteiger partial charge in [-0.1, -0.05) is 25.5 Å². The van der Waals surface area contributed by atoms with E-state index in [1.54, 1.807) is 12.1 Å². The maximum absolute atomic E-state index is 12.0. The summed E-state index contributed by atoms with van der Waals surface area (Å²) in [4.78, 5) is 0.249. The molecule has 0 heterocycles. The molecule has 2 N–H and O–H groups in total. The molecule has 5 nitrogen and oxygen atoms in total. The molecule has 0 saturated carbocycles. The number of aliphatic hydroxyl groups excluding tert-OH is 1. The van der Waals surface area contributed by atoms with E-state index < -0.39 is 16.1 Å². The Morgan fingerprint density at radius 3 is 2.50 bits per heavy atom. The van der Waals surface area contributed by atoms with Gasteiger partial charge in [-0.3, -0.25) is 0 Å². The molecule has 0 spiro atoms. The highest BCUT2D eigenvalue weighted by Crippen LogP contribution is 2.11. The average Bonchev–Trinajstić information content (AvgIpc) is 2.40. The first kappa shape index (κ1) is 17.1. The number of rotatable bonds is 9. The van der Waals surface area contributed by atoms with Crippen molar-refractivity contribution < 1.29 is 18.3 Å². The summed E-state index contributed by atoms with van der Waals surface area (Å²) in [5.74, 6) is 0. The minimum absolute atomic E-state index is 0.184. The van der Waals surface area contributed by atoms with Crippen LogP contribution in [0.1, 0.15) is 25.3 Å². The lowest BCUT2D eigenvalue weighted by Crippen LogP contribution is -2.28. The SMILES string of the molecule is CCCc1ccc(S(=O)(=O)NCCC(O)COC)cc1. The zero-order valence-corrected chi connectivity index (χ0v) is 12.8. The first-order valence-electron chi connectivity index (χ1n) is 6.75. The van der Waals surface area contributed by atoms with E-state index in [1.165, 1.54) is 7.11 Å².